The van der Waals surface area contributed by atoms with Crippen LogP contribution in [0.1, 0.15) is 42.5 Å². The van der Waals surface area contributed by atoms with Crippen molar-refractivity contribution in [2.75, 3.05) is 13.1 Å². The van der Waals surface area contributed by atoms with Crippen LogP contribution in [0.25, 0.3) is 0 Å². The first-order chi connectivity index (χ1) is 14.1. The number of aromatic nitrogens is 1. The van der Waals surface area contributed by atoms with Gasteiger partial charge in [-0.2, -0.15) is 13.2 Å². The van der Waals surface area contributed by atoms with Gasteiger partial charge in [0.1, 0.15) is 0 Å². The molecule has 1 aromatic carbocycles. The topological polar surface area (TPSA) is 80.7 Å². The highest BCUT2D eigenvalue weighted by Gasteiger charge is 2.41. The number of ether oxygens (including phenoxy) is 2. The number of piperidine rings is 1. The molecular formula is C21H23F3N2O4. The van der Waals surface area contributed by atoms with Crippen LogP contribution in [-0.2, 0) is 10.6 Å². The molecule has 2 aromatic rings. The predicted molar refractivity (Wildman–Crippen MR) is 103 cm³/mol. The number of hydrogen-bond donors (Lipinski definition) is 2. The Kier molecular flexibility index (Phi) is 6.21. The molecule has 2 aliphatic rings. The van der Waals surface area contributed by atoms with Gasteiger partial charge in [-0.3, -0.25) is 4.98 Å². The summed E-state index contributed by atoms with van der Waals surface area (Å²) in [6, 6.07) is 10.3. The van der Waals surface area contributed by atoms with E-state index in [1.165, 1.54) is 5.56 Å². The first-order valence-corrected chi connectivity index (χ1v) is 9.55. The predicted octanol–water partition coefficient (Wildman–Crippen LogP) is 4.13. The molecular weight excluding hydrogens is 401 g/mol. The molecule has 0 saturated carbocycles. The molecule has 0 aliphatic carbocycles. The summed E-state index contributed by atoms with van der Waals surface area (Å²) in [4.78, 5) is 13.3. The molecule has 0 amide bonds. The molecule has 1 fully saturated rings. The van der Waals surface area contributed by atoms with Crippen LogP contribution in [0.5, 0.6) is 11.5 Å². The van der Waals surface area contributed by atoms with Gasteiger partial charge in [-0.25, -0.2) is 4.79 Å². The van der Waals surface area contributed by atoms with E-state index >= 15 is 0 Å². The number of pyridine rings is 1. The van der Waals surface area contributed by atoms with Crippen molar-refractivity contribution in [2.24, 2.45) is 0 Å². The minimum absolute atomic E-state index is 0.535. The van der Waals surface area contributed by atoms with Crippen LogP contribution < -0.4 is 14.8 Å². The SMILES string of the molecule is Cc1ccc([C@@]2(C)Oc3cccc(C4CCNCC4)c3O2)cn1.O=C(O)C(F)(F)F. The second-order valence-corrected chi connectivity index (χ2v) is 7.34. The van der Waals surface area contributed by atoms with Gasteiger partial charge in [0.2, 0.25) is 0 Å². The molecule has 0 unspecified atom stereocenters. The maximum Gasteiger partial charge on any atom is 0.490 e. The second kappa shape index (κ2) is 8.51. The molecule has 1 aromatic heterocycles. The van der Waals surface area contributed by atoms with Gasteiger partial charge in [-0.15, -0.1) is 0 Å². The molecule has 6 nitrogen and oxygen atoms in total. The molecule has 3 heterocycles. The van der Waals surface area contributed by atoms with Gasteiger partial charge in [-0.05, 0) is 57.0 Å². The largest absolute Gasteiger partial charge is 0.490 e. The molecule has 162 valence electrons. The zero-order chi connectivity index (χ0) is 21.9. The first-order valence-electron chi connectivity index (χ1n) is 9.55. The third kappa shape index (κ3) is 4.84. The highest BCUT2D eigenvalue weighted by molar-refractivity contribution is 5.73. The Morgan fingerprint density at radius 1 is 1.20 bits per heavy atom. The van der Waals surface area contributed by atoms with Gasteiger partial charge in [0, 0.05) is 24.4 Å². The van der Waals surface area contributed by atoms with E-state index in [1.807, 2.05) is 38.2 Å². The van der Waals surface area contributed by atoms with E-state index in [1.54, 1.807) is 0 Å². The number of hydrogen-bond acceptors (Lipinski definition) is 5. The lowest BCUT2D eigenvalue weighted by Crippen LogP contribution is -2.32. The highest BCUT2D eigenvalue weighted by atomic mass is 19.4. The summed E-state index contributed by atoms with van der Waals surface area (Å²) < 4.78 is 44.2. The number of rotatable bonds is 2. The summed E-state index contributed by atoms with van der Waals surface area (Å²) in [5, 5.41) is 10.5. The fraction of sp³-hybridized carbons (Fsp3) is 0.429. The summed E-state index contributed by atoms with van der Waals surface area (Å²) >= 11 is 0. The Labute approximate surface area is 172 Å². The molecule has 0 spiro atoms. The normalized spacial score (nSPS) is 21.0. The quantitative estimate of drug-likeness (QED) is 0.755. The Bertz CT molecular complexity index is 896. The lowest BCUT2D eigenvalue weighted by molar-refractivity contribution is -0.192. The zero-order valence-electron chi connectivity index (χ0n) is 16.6. The number of fused-ring (bicyclic) bond motifs is 1. The van der Waals surface area contributed by atoms with Gasteiger partial charge < -0.3 is 19.9 Å². The highest BCUT2D eigenvalue weighted by Crippen LogP contribution is 2.48. The molecule has 1 atom stereocenters. The molecule has 0 radical (unpaired) electrons. The lowest BCUT2D eigenvalue weighted by atomic mass is 9.89. The monoisotopic (exact) mass is 424 g/mol. The molecule has 4 rings (SSSR count). The molecule has 1 saturated heterocycles. The Morgan fingerprint density at radius 3 is 2.43 bits per heavy atom. The number of nitrogens with zero attached hydrogens (tertiary/aromatic N) is 1. The van der Waals surface area contributed by atoms with Crippen LogP contribution in [0.3, 0.4) is 0 Å². The number of carboxylic acid groups (broad SMARTS) is 1. The number of carbonyl (C=O) groups is 1. The van der Waals surface area contributed by atoms with Crippen molar-refractivity contribution in [3.05, 3.63) is 53.3 Å². The van der Waals surface area contributed by atoms with Gasteiger partial charge in [0.25, 0.3) is 5.79 Å². The van der Waals surface area contributed by atoms with Crippen LogP contribution in [-0.4, -0.2) is 35.3 Å². The van der Waals surface area contributed by atoms with E-state index in [0.29, 0.717) is 5.92 Å². The first kappa shape index (κ1) is 21.9. The number of aryl methyl sites for hydroxylation is 1. The van der Waals surface area contributed by atoms with Crippen molar-refractivity contribution in [3.8, 4) is 11.5 Å². The van der Waals surface area contributed by atoms with Gasteiger partial charge >= 0.3 is 12.1 Å². The standard InChI is InChI=1S/C19H22N2O2.C2HF3O2/c1-13-6-7-15(12-21-13)19(2)22-17-5-3-4-16(18(17)23-19)14-8-10-20-11-9-14;3-2(4,5)1(6)7/h3-7,12,14,20H,8-11H2,1-2H3;(H,6,7)/t19-;/m0./s1. The summed E-state index contributed by atoms with van der Waals surface area (Å²) in [5.74, 6) is -1.28. The molecule has 0 bridgehead atoms. The number of para-hydroxylation sites is 1. The van der Waals surface area contributed by atoms with Crippen molar-refractivity contribution in [2.45, 2.75) is 44.6 Å². The van der Waals surface area contributed by atoms with Crippen LogP contribution in [0.15, 0.2) is 36.5 Å². The van der Waals surface area contributed by atoms with Gasteiger partial charge in [0.15, 0.2) is 11.5 Å². The van der Waals surface area contributed by atoms with E-state index < -0.39 is 17.9 Å². The van der Waals surface area contributed by atoms with Crippen molar-refractivity contribution >= 4 is 5.97 Å². The maximum absolute atomic E-state index is 10.6. The van der Waals surface area contributed by atoms with E-state index in [0.717, 1.165) is 48.7 Å². The molecule has 9 heteroatoms. The van der Waals surface area contributed by atoms with Crippen LogP contribution in [0.4, 0.5) is 13.2 Å². The van der Waals surface area contributed by atoms with Crippen molar-refractivity contribution in [3.63, 3.8) is 0 Å². The second-order valence-electron chi connectivity index (χ2n) is 7.34. The maximum atomic E-state index is 10.6. The van der Waals surface area contributed by atoms with E-state index in [2.05, 4.69) is 22.4 Å². The van der Waals surface area contributed by atoms with Gasteiger partial charge in [0.05, 0.1) is 5.56 Å². The number of carboxylic acids is 1. The zero-order valence-corrected chi connectivity index (χ0v) is 16.6. The van der Waals surface area contributed by atoms with E-state index in [-0.39, 0.29) is 0 Å². The minimum Gasteiger partial charge on any atom is -0.475 e. The average Bonchev–Trinajstić information content (AvgIpc) is 3.06. The average molecular weight is 424 g/mol. The molecule has 2 N–H and O–H groups in total. The van der Waals surface area contributed by atoms with Crippen molar-refractivity contribution in [1.29, 1.82) is 0 Å². The Balaban J connectivity index is 0.000000318. The number of alkyl halides is 3. The number of aliphatic carboxylic acids is 1. The number of benzene rings is 1. The lowest BCUT2D eigenvalue weighted by Gasteiger charge is -2.25. The Morgan fingerprint density at radius 2 is 1.87 bits per heavy atom. The number of nitrogens with one attached hydrogen (secondary N) is 1. The molecule has 30 heavy (non-hydrogen) atoms. The van der Waals surface area contributed by atoms with E-state index in [9.17, 15) is 13.2 Å². The summed E-state index contributed by atoms with van der Waals surface area (Å²) in [6.45, 7) is 6.07. The fourth-order valence-corrected chi connectivity index (χ4v) is 3.46. The van der Waals surface area contributed by atoms with Crippen molar-refractivity contribution in [1.82, 2.24) is 10.3 Å². The van der Waals surface area contributed by atoms with Crippen LogP contribution in [0, 0.1) is 6.92 Å². The van der Waals surface area contributed by atoms with E-state index in [4.69, 9.17) is 19.4 Å². The summed E-state index contributed by atoms with van der Waals surface area (Å²) in [5.41, 5.74) is 3.20. The smallest absolute Gasteiger partial charge is 0.475 e. The summed E-state index contributed by atoms with van der Waals surface area (Å²) in [7, 11) is 0. The van der Waals surface area contributed by atoms with Crippen LogP contribution >= 0.6 is 0 Å². The summed E-state index contributed by atoms with van der Waals surface area (Å²) in [6.07, 6.45) is -0.962. The van der Waals surface area contributed by atoms with Crippen LogP contribution in [0.2, 0.25) is 0 Å². The fourth-order valence-electron chi connectivity index (χ4n) is 3.46. The molecule has 2 aliphatic heterocycles. The number of halogens is 3. The van der Waals surface area contributed by atoms with Gasteiger partial charge in [-0.1, -0.05) is 12.1 Å². The third-order valence-electron chi connectivity index (χ3n) is 5.07. The van der Waals surface area contributed by atoms with Crippen molar-refractivity contribution < 1.29 is 32.5 Å². The minimum atomic E-state index is -5.08. The third-order valence-corrected chi connectivity index (χ3v) is 5.07. The Hall–Kier alpha value is -2.81.